The number of anilines is 8. The van der Waals surface area contributed by atoms with Crippen LogP contribution in [0.2, 0.25) is 0 Å². The zero-order valence-electron chi connectivity index (χ0n) is 31.3. The number of nitrogens with zero attached hydrogens (tertiary/aromatic N) is 3. The van der Waals surface area contributed by atoms with Crippen LogP contribution >= 0.6 is 0 Å². The van der Waals surface area contributed by atoms with Crippen LogP contribution in [0.25, 0.3) is 0 Å². The van der Waals surface area contributed by atoms with E-state index in [-0.39, 0.29) is 23.9 Å². The molecule has 0 N–H and O–H groups in total. The molecule has 0 radical (unpaired) electrons. The van der Waals surface area contributed by atoms with E-state index in [1.807, 2.05) is 12.1 Å². The highest BCUT2D eigenvalue weighted by Gasteiger charge is 2.47. The average Bonchev–Trinajstić information content (AvgIpc) is 3.39. The molecule has 6 aromatic carbocycles. The minimum Gasteiger partial charge on any atom is -0.315 e. The lowest BCUT2D eigenvalue weighted by atomic mass is 9.33. The van der Waals surface area contributed by atoms with E-state index in [0.29, 0.717) is 5.69 Å². The third-order valence-electron chi connectivity index (χ3n) is 11.6. The summed E-state index contributed by atoms with van der Waals surface area (Å²) >= 11 is 0. The highest BCUT2D eigenvalue weighted by Crippen LogP contribution is 2.51. The predicted octanol–water partition coefficient (Wildman–Crippen LogP) is 12.0. The molecule has 4 aliphatic rings. The van der Waals surface area contributed by atoms with E-state index in [1.54, 1.807) is 12.1 Å². The summed E-state index contributed by atoms with van der Waals surface area (Å²) in [5, 5.41) is 0. The molecular weight excluding hydrogens is 672 g/mol. The molecule has 1 unspecified atom stereocenters. The fourth-order valence-electron chi connectivity index (χ4n) is 9.06. The third kappa shape index (κ3) is 5.40. The Morgan fingerprint density at radius 3 is 2.02 bits per heavy atom. The second-order valence-electron chi connectivity index (χ2n) is 15.9. The Kier molecular flexibility index (Phi) is 7.81. The molecule has 0 amide bonds. The molecule has 2 aliphatic carbocycles. The molecule has 2 aliphatic heterocycles. The van der Waals surface area contributed by atoms with E-state index in [4.69, 9.17) is 0 Å². The molecule has 0 fully saturated rings. The first-order valence-corrected chi connectivity index (χ1v) is 19.3. The van der Waals surface area contributed by atoms with Crippen molar-refractivity contribution in [1.29, 1.82) is 0 Å². The van der Waals surface area contributed by atoms with Crippen molar-refractivity contribution in [3.05, 3.63) is 204 Å². The minimum atomic E-state index is -0.267. The number of halogens is 1. The van der Waals surface area contributed by atoms with Crippen LogP contribution in [0.1, 0.15) is 32.8 Å². The number of hydrogen-bond donors (Lipinski definition) is 0. The number of fused-ring (bicyclic) bond motifs is 5. The van der Waals surface area contributed by atoms with Crippen LogP contribution in [0.3, 0.4) is 0 Å². The number of allylic oxidation sites excluding steroid dienone is 7. The summed E-state index contributed by atoms with van der Waals surface area (Å²) in [5.41, 5.74) is 15.8. The molecule has 1 atom stereocenters. The fourth-order valence-corrected chi connectivity index (χ4v) is 9.06. The van der Waals surface area contributed by atoms with Crippen LogP contribution in [-0.2, 0) is 5.41 Å². The normalized spacial score (nSPS) is 16.6. The Labute approximate surface area is 323 Å². The molecule has 0 spiro atoms. The Morgan fingerprint density at radius 1 is 0.655 bits per heavy atom. The largest absolute Gasteiger partial charge is 0.315 e. The maximum absolute atomic E-state index is 15.9. The molecule has 0 saturated carbocycles. The summed E-state index contributed by atoms with van der Waals surface area (Å²) in [6.07, 6.45) is 12.4. The molecular formula is C50H41BFN3. The standard InChI is InChI=1S/C50H41BFN3/c1-50(2,3)35-26-28-38(29-27-35)53(44-23-14-13-22-43(44)52)39-30-31-41-47(33-39)54(36-17-8-5-9-18-36)45-24-15-25-46-48(45)51(41)42-32-34-16-7-4-12-21-40(34)49(42)55(46)37-19-10-6-11-20-37/h4-20,22-33,40H,21H2,1-3H3. The zero-order valence-corrected chi connectivity index (χ0v) is 31.3. The minimum absolute atomic E-state index is 0.00249. The van der Waals surface area contributed by atoms with Gasteiger partial charge < -0.3 is 14.7 Å². The van der Waals surface area contributed by atoms with Crippen molar-refractivity contribution in [2.24, 2.45) is 5.92 Å². The second kappa shape index (κ2) is 12.9. The molecule has 0 saturated heterocycles. The average molecular weight is 714 g/mol. The maximum atomic E-state index is 15.9. The molecule has 6 aromatic rings. The van der Waals surface area contributed by atoms with Crippen molar-refractivity contribution < 1.29 is 4.39 Å². The van der Waals surface area contributed by atoms with E-state index >= 15 is 4.39 Å². The van der Waals surface area contributed by atoms with Gasteiger partial charge >= 0.3 is 0 Å². The van der Waals surface area contributed by atoms with Crippen molar-refractivity contribution in [2.75, 3.05) is 14.7 Å². The molecule has 2 heterocycles. The van der Waals surface area contributed by atoms with Gasteiger partial charge in [0.05, 0.1) is 5.69 Å². The van der Waals surface area contributed by atoms with Crippen molar-refractivity contribution in [2.45, 2.75) is 32.6 Å². The van der Waals surface area contributed by atoms with Gasteiger partial charge in [-0.25, -0.2) is 4.39 Å². The summed E-state index contributed by atoms with van der Waals surface area (Å²) in [6, 6.07) is 50.7. The van der Waals surface area contributed by atoms with Gasteiger partial charge in [0, 0.05) is 51.4 Å². The fraction of sp³-hybridized carbons (Fsp3) is 0.120. The van der Waals surface area contributed by atoms with E-state index < -0.39 is 0 Å². The monoisotopic (exact) mass is 713 g/mol. The van der Waals surface area contributed by atoms with Gasteiger partial charge in [-0.2, -0.15) is 0 Å². The quantitative estimate of drug-likeness (QED) is 0.165. The van der Waals surface area contributed by atoms with E-state index in [0.717, 1.165) is 34.9 Å². The van der Waals surface area contributed by atoms with Gasteiger partial charge in [-0.05, 0) is 112 Å². The first kappa shape index (κ1) is 33.3. The summed E-state index contributed by atoms with van der Waals surface area (Å²) in [4.78, 5) is 7.00. The smallest absolute Gasteiger partial charge is 0.251 e. The lowest BCUT2D eigenvalue weighted by Gasteiger charge is -2.45. The van der Waals surface area contributed by atoms with Gasteiger partial charge in [-0.15, -0.1) is 0 Å². The van der Waals surface area contributed by atoms with Crippen LogP contribution < -0.4 is 25.6 Å². The Bertz CT molecular complexity index is 2580. The van der Waals surface area contributed by atoms with E-state index in [9.17, 15) is 0 Å². The van der Waals surface area contributed by atoms with Gasteiger partial charge in [0.15, 0.2) is 0 Å². The van der Waals surface area contributed by atoms with Crippen molar-refractivity contribution in [1.82, 2.24) is 0 Å². The van der Waals surface area contributed by atoms with Gasteiger partial charge in [-0.1, -0.05) is 124 Å². The van der Waals surface area contributed by atoms with Gasteiger partial charge in [0.2, 0.25) is 0 Å². The topological polar surface area (TPSA) is 9.72 Å². The second-order valence-corrected chi connectivity index (χ2v) is 15.9. The first-order valence-electron chi connectivity index (χ1n) is 19.3. The maximum Gasteiger partial charge on any atom is 0.251 e. The first-order chi connectivity index (χ1) is 26.9. The molecule has 0 aromatic heterocycles. The summed E-state index contributed by atoms with van der Waals surface area (Å²) in [7, 11) is 0. The lowest BCUT2D eigenvalue weighted by molar-refractivity contribution is 0.590. The molecule has 10 rings (SSSR count). The summed E-state index contributed by atoms with van der Waals surface area (Å²) in [5.74, 6) is -0.0270. The van der Waals surface area contributed by atoms with Crippen molar-refractivity contribution >= 4 is 63.1 Å². The SMILES string of the molecule is CC(C)(C)c1ccc(N(c2ccc3c(c2)N(c2ccccc2)c2cccc4c2B3C2=C(C3CC=CC=CC3=C2)N4c2ccccc2)c2ccccc2F)cc1. The molecule has 3 nitrogen and oxygen atoms in total. The van der Waals surface area contributed by atoms with Crippen LogP contribution in [0, 0.1) is 11.7 Å². The predicted molar refractivity (Wildman–Crippen MR) is 230 cm³/mol. The molecule has 5 heteroatoms. The van der Waals surface area contributed by atoms with Crippen LogP contribution in [0.5, 0.6) is 0 Å². The third-order valence-corrected chi connectivity index (χ3v) is 11.6. The molecule has 266 valence electrons. The van der Waals surface area contributed by atoms with Crippen LogP contribution in [0.4, 0.5) is 49.9 Å². The number of rotatable bonds is 5. The molecule has 0 bridgehead atoms. The number of para-hydroxylation sites is 3. The highest BCUT2D eigenvalue weighted by molar-refractivity contribution is 6.95. The van der Waals surface area contributed by atoms with Crippen LogP contribution in [-0.4, -0.2) is 6.71 Å². The van der Waals surface area contributed by atoms with Crippen molar-refractivity contribution in [3.8, 4) is 0 Å². The van der Waals surface area contributed by atoms with Gasteiger partial charge in [0.1, 0.15) is 5.82 Å². The molecule has 55 heavy (non-hydrogen) atoms. The zero-order chi connectivity index (χ0) is 37.3. The Balaban J connectivity index is 1.23. The van der Waals surface area contributed by atoms with E-state index in [2.05, 4.69) is 187 Å². The number of benzene rings is 6. The van der Waals surface area contributed by atoms with E-state index in [1.165, 1.54) is 44.6 Å². The summed E-state index contributed by atoms with van der Waals surface area (Å²) in [6.45, 7) is 6.67. The lowest BCUT2D eigenvalue weighted by Crippen LogP contribution is -2.55. The van der Waals surface area contributed by atoms with Crippen LogP contribution in [0.15, 0.2) is 193 Å². The Morgan fingerprint density at radius 2 is 1.31 bits per heavy atom. The Hall–Kier alpha value is -6.33. The summed E-state index contributed by atoms with van der Waals surface area (Å²) < 4.78 is 15.9. The van der Waals surface area contributed by atoms with Gasteiger partial charge in [0.25, 0.3) is 6.71 Å². The number of hydrogen-bond acceptors (Lipinski definition) is 3. The highest BCUT2D eigenvalue weighted by atomic mass is 19.1. The van der Waals surface area contributed by atoms with Crippen molar-refractivity contribution in [3.63, 3.8) is 0 Å². The van der Waals surface area contributed by atoms with Gasteiger partial charge in [-0.3, -0.25) is 0 Å².